The number of hydrogen-bond acceptors (Lipinski definition) is 4. The lowest BCUT2D eigenvalue weighted by atomic mass is 10.4. The molecule has 0 radical (unpaired) electrons. The van der Waals surface area contributed by atoms with Gasteiger partial charge in [-0.25, -0.2) is 4.98 Å². The van der Waals surface area contributed by atoms with Crippen LogP contribution < -0.4 is 5.32 Å². The number of hydrogen-bond donors (Lipinski definition) is 2. The van der Waals surface area contributed by atoms with E-state index in [-0.39, 0.29) is 4.90 Å². The van der Waals surface area contributed by atoms with Crippen LogP contribution in [0.1, 0.15) is 24.1 Å². The lowest BCUT2D eigenvalue weighted by Gasteiger charge is -2.03. The highest BCUT2D eigenvalue weighted by Gasteiger charge is 2.17. The summed E-state index contributed by atoms with van der Waals surface area (Å²) in [5, 5.41) is 3.29. The molecule has 0 amide bonds. The van der Waals surface area contributed by atoms with Crippen LogP contribution in [0.4, 0.5) is 0 Å². The van der Waals surface area contributed by atoms with Gasteiger partial charge in [-0.2, -0.15) is 8.42 Å². The minimum absolute atomic E-state index is 0.0741. The van der Waals surface area contributed by atoms with Gasteiger partial charge in [0.25, 0.3) is 10.1 Å². The van der Waals surface area contributed by atoms with Crippen molar-refractivity contribution in [2.45, 2.75) is 38.4 Å². The van der Waals surface area contributed by atoms with Crippen molar-refractivity contribution in [1.82, 2.24) is 14.9 Å². The third-order valence-electron chi connectivity index (χ3n) is 3.29. The number of benzene rings is 1. The summed E-state index contributed by atoms with van der Waals surface area (Å²) in [6, 6.07) is 7.42. The number of aromatic nitrogens is 2. The summed E-state index contributed by atoms with van der Waals surface area (Å²) in [7, 11) is -4.00. The summed E-state index contributed by atoms with van der Waals surface area (Å²) >= 11 is 0. The van der Waals surface area contributed by atoms with E-state index in [4.69, 9.17) is 4.55 Å². The fourth-order valence-electron chi connectivity index (χ4n) is 2.32. The first-order valence-corrected chi connectivity index (χ1v) is 8.15. The van der Waals surface area contributed by atoms with E-state index < -0.39 is 10.1 Å². The summed E-state index contributed by atoms with van der Waals surface area (Å²) < 4.78 is 31.5. The van der Waals surface area contributed by atoms with E-state index in [9.17, 15) is 8.42 Å². The van der Waals surface area contributed by atoms with Crippen molar-refractivity contribution in [2.24, 2.45) is 0 Å². The summed E-state index contributed by atoms with van der Waals surface area (Å²) in [6.07, 6.45) is 0. The Morgan fingerprint density at radius 1 is 1.29 bits per heavy atom. The van der Waals surface area contributed by atoms with E-state index >= 15 is 0 Å². The van der Waals surface area contributed by atoms with E-state index in [1.54, 1.807) is 18.2 Å². The molecule has 3 rings (SSSR count). The Morgan fingerprint density at radius 3 is 2.48 bits per heavy atom. The summed E-state index contributed by atoms with van der Waals surface area (Å²) in [6.45, 7) is 7.21. The first kappa shape index (κ1) is 15.7. The summed E-state index contributed by atoms with van der Waals surface area (Å²) in [4.78, 5) is 4.39. The molecule has 7 heteroatoms. The molecule has 0 fully saturated rings. The Bertz CT molecular complexity index is 709. The molecule has 0 unspecified atom stereocenters. The van der Waals surface area contributed by atoms with Gasteiger partial charge in [0.05, 0.1) is 16.3 Å². The van der Waals surface area contributed by atoms with Crippen molar-refractivity contribution in [2.75, 3.05) is 0 Å². The molecule has 2 heterocycles. The molecule has 1 aromatic carbocycles. The minimum Gasteiger partial charge on any atom is -0.331 e. The maximum Gasteiger partial charge on any atom is 0.294 e. The zero-order valence-electron chi connectivity index (χ0n) is 12.1. The molecule has 0 atom stereocenters. The molecule has 1 aromatic heterocycles. The average Bonchev–Trinajstić information content (AvgIpc) is 2.99. The second-order valence-corrected chi connectivity index (χ2v) is 6.11. The summed E-state index contributed by atoms with van der Waals surface area (Å²) in [5.74, 6) is 1.15. The molecule has 21 heavy (non-hydrogen) atoms. The second kappa shape index (κ2) is 6.38. The van der Waals surface area contributed by atoms with Crippen LogP contribution in [0.3, 0.4) is 0 Å². The fourth-order valence-corrected chi connectivity index (χ4v) is 2.82. The van der Waals surface area contributed by atoms with Gasteiger partial charge in [0.1, 0.15) is 5.82 Å². The predicted octanol–water partition coefficient (Wildman–Crippen LogP) is 1.75. The van der Waals surface area contributed by atoms with Crippen molar-refractivity contribution in [3.05, 3.63) is 47.5 Å². The first-order valence-electron chi connectivity index (χ1n) is 6.71. The van der Waals surface area contributed by atoms with Gasteiger partial charge in [0.2, 0.25) is 0 Å². The highest BCUT2D eigenvalue weighted by Crippen LogP contribution is 2.16. The molecule has 1 aliphatic rings. The largest absolute Gasteiger partial charge is 0.331 e. The maximum atomic E-state index is 10.4. The van der Waals surface area contributed by atoms with Gasteiger partial charge >= 0.3 is 0 Å². The molecule has 1 aliphatic heterocycles. The van der Waals surface area contributed by atoms with Crippen LogP contribution in [0, 0.1) is 6.92 Å². The SMILES string of the molecule is CCn1c(C)nc2c1CNC2.O=S(=O)(O)c1ccccc1. The van der Waals surface area contributed by atoms with Gasteiger partial charge in [0.15, 0.2) is 0 Å². The normalized spacial score (nSPS) is 13.5. The van der Waals surface area contributed by atoms with Crippen molar-refractivity contribution in [3.63, 3.8) is 0 Å². The van der Waals surface area contributed by atoms with Crippen LogP contribution in [0.15, 0.2) is 35.2 Å². The van der Waals surface area contributed by atoms with Crippen LogP contribution in [-0.2, 0) is 29.8 Å². The van der Waals surface area contributed by atoms with Crippen molar-refractivity contribution >= 4 is 10.1 Å². The molecule has 0 aliphatic carbocycles. The van der Waals surface area contributed by atoms with Crippen molar-refractivity contribution in [1.29, 1.82) is 0 Å². The van der Waals surface area contributed by atoms with Crippen molar-refractivity contribution in [3.8, 4) is 0 Å². The quantitative estimate of drug-likeness (QED) is 0.826. The molecule has 0 saturated heterocycles. The number of imidazole rings is 1. The van der Waals surface area contributed by atoms with Crippen LogP contribution >= 0.6 is 0 Å². The monoisotopic (exact) mass is 309 g/mol. The van der Waals surface area contributed by atoms with Crippen LogP contribution in [0.25, 0.3) is 0 Å². The van der Waals surface area contributed by atoms with E-state index in [1.165, 1.54) is 23.5 Å². The molecule has 0 spiro atoms. The highest BCUT2D eigenvalue weighted by molar-refractivity contribution is 7.85. The molecule has 2 aromatic rings. The minimum atomic E-state index is -4.00. The zero-order valence-corrected chi connectivity index (χ0v) is 12.9. The first-order chi connectivity index (χ1) is 9.93. The molecule has 0 saturated carbocycles. The average molecular weight is 309 g/mol. The van der Waals surface area contributed by atoms with Gasteiger partial charge in [-0.1, -0.05) is 18.2 Å². The Kier molecular flexibility index (Phi) is 4.76. The Hall–Kier alpha value is -1.70. The van der Waals surface area contributed by atoms with Gasteiger partial charge < -0.3 is 9.88 Å². The molecule has 2 N–H and O–H groups in total. The van der Waals surface area contributed by atoms with Crippen molar-refractivity contribution < 1.29 is 13.0 Å². The lowest BCUT2D eigenvalue weighted by Crippen LogP contribution is -2.08. The van der Waals surface area contributed by atoms with Crippen LogP contribution in [0.5, 0.6) is 0 Å². The summed E-state index contributed by atoms with van der Waals surface area (Å²) in [5.41, 5.74) is 2.62. The third-order valence-corrected chi connectivity index (χ3v) is 4.16. The van der Waals surface area contributed by atoms with Gasteiger partial charge in [-0.3, -0.25) is 4.55 Å². The highest BCUT2D eigenvalue weighted by atomic mass is 32.2. The number of fused-ring (bicyclic) bond motifs is 1. The van der Waals surface area contributed by atoms with Crippen LogP contribution in [0.2, 0.25) is 0 Å². The van der Waals surface area contributed by atoms with E-state index in [2.05, 4.69) is 28.7 Å². The number of nitrogens with one attached hydrogen (secondary N) is 1. The predicted molar refractivity (Wildman–Crippen MR) is 79.4 cm³/mol. The molecular formula is C14H19N3O3S. The Labute approximate surface area is 124 Å². The third kappa shape index (κ3) is 3.69. The Balaban J connectivity index is 0.000000155. The topological polar surface area (TPSA) is 84.2 Å². The molecular weight excluding hydrogens is 290 g/mol. The molecule has 114 valence electrons. The number of rotatable bonds is 2. The molecule has 6 nitrogen and oxygen atoms in total. The van der Waals surface area contributed by atoms with E-state index in [1.807, 2.05) is 0 Å². The van der Waals surface area contributed by atoms with Gasteiger partial charge in [-0.15, -0.1) is 0 Å². The lowest BCUT2D eigenvalue weighted by molar-refractivity contribution is 0.483. The van der Waals surface area contributed by atoms with E-state index in [0.29, 0.717) is 0 Å². The van der Waals surface area contributed by atoms with E-state index in [0.717, 1.165) is 25.5 Å². The van der Waals surface area contributed by atoms with Crippen LogP contribution in [-0.4, -0.2) is 22.5 Å². The smallest absolute Gasteiger partial charge is 0.294 e. The second-order valence-electron chi connectivity index (χ2n) is 4.69. The number of aryl methyl sites for hydroxylation is 1. The standard InChI is InChI=1S/C8H13N3.C6H6O3S/c1-3-11-6(2)10-7-4-9-5-8(7)11;7-10(8,9)6-4-2-1-3-5-6/h9H,3-5H2,1-2H3;1-5H,(H,7,8,9). The van der Waals surface area contributed by atoms with Gasteiger partial charge in [0, 0.05) is 19.6 Å². The Morgan fingerprint density at radius 2 is 1.95 bits per heavy atom. The maximum absolute atomic E-state index is 10.4. The number of nitrogens with zero attached hydrogens (tertiary/aromatic N) is 2. The molecule has 0 bridgehead atoms. The fraction of sp³-hybridized carbons (Fsp3) is 0.357. The zero-order chi connectivity index (χ0) is 15.5. The van der Waals surface area contributed by atoms with Gasteiger partial charge in [-0.05, 0) is 26.0 Å².